The van der Waals surface area contributed by atoms with Gasteiger partial charge in [-0.05, 0) is 31.2 Å². The van der Waals surface area contributed by atoms with Crippen LogP contribution in [0.5, 0.6) is 0 Å². The summed E-state index contributed by atoms with van der Waals surface area (Å²) >= 11 is 2.10. The third-order valence-electron chi connectivity index (χ3n) is 5.85. The number of hydrogen-bond acceptors (Lipinski definition) is 4. The molecule has 1 aromatic carbocycles. The number of ether oxygens (including phenoxy) is 1. The first-order chi connectivity index (χ1) is 14.3. The summed E-state index contributed by atoms with van der Waals surface area (Å²) in [6, 6.07) is 10.8. The van der Waals surface area contributed by atoms with Gasteiger partial charge in [0.05, 0.1) is 6.10 Å². The third kappa shape index (κ3) is 8.55. The second-order valence-corrected chi connectivity index (χ2v) is 9.41. The molecule has 30 heavy (non-hydrogen) atoms. The Morgan fingerprint density at radius 1 is 1.20 bits per heavy atom. The van der Waals surface area contributed by atoms with Crippen LogP contribution in [0.4, 0.5) is 0 Å². The minimum Gasteiger partial charge on any atom is -0.378 e. The van der Waals surface area contributed by atoms with E-state index in [1.54, 1.807) is 0 Å². The molecule has 2 heterocycles. The molecule has 2 aliphatic heterocycles. The lowest BCUT2D eigenvalue weighted by Gasteiger charge is -2.34. The summed E-state index contributed by atoms with van der Waals surface area (Å²) in [5.74, 6) is 2.25. The largest absolute Gasteiger partial charge is 0.378 e. The number of likely N-dealkylation sites (tertiary alicyclic amines) is 1. The molecule has 0 saturated carbocycles. The quantitative estimate of drug-likeness (QED) is 0.230. The summed E-state index contributed by atoms with van der Waals surface area (Å²) in [4.78, 5) is 9.44. The molecule has 0 bridgehead atoms. The van der Waals surface area contributed by atoms with Crippen molar-refractivity contribution in [2.24, 2.45) is 4.99 Å². The fourth-order valence-electron chi connectivity index (χ4n) is 4.09. The van der Waals surface area contributed by atoms with Crippen molar-refractivity contribution in [3.63, 3.8) is 0 Å². The molecule has 0 radical (unpaired) electrons. The molecule has 2 aliphatic rings. The monoisotopic (exact) mass is 546 g/mol. The molecule has 2 saturated heterocycles. The van der Waals surface area contributed by atoms with Crippen LogP contribution in [0, 0.1) is 0 Å². The van der Waals surface area contributed by atoms with Crippen molar-refractivity contribution in [2.75, 3.05) is 52.1 Å². The molecule has 5 nitrogen and oxygen atoms in total. The maximum Gasteiger partial charge on any atom is 0.193 e. The zero-order valence-electron chi connectivity index (χ0n) is 18.6. The van der Waals surface area contributed by atoms with E-state index in [1.165, 1.54) is 17.7 Å². The smallest absolute Gasteiger partial charge is 0.193 e. The average Bonchev–Trinajstić information content (AvgIpc) is 2.78. The molecule has 1 unspecified atom stereocenters. The molecule has 0 aliphatic carbocycles. The lowest BCUT2D eigenvalue weighted by molar-refractivity contribution is 0.00531. The van der Waals surface area contributed by atoms with Crippen molar-refractivity contribution >= 4 is 41.7 Å². The normalized spacial score (nSPS) is 21.3. The van der Waals surface area contributed by atoms with Gasteiger partial charge in [0.2, 0.25) is 0 Å². The Morgan fingerprint density at radius 2 is 1.97 bits per heavy atom. The number of aliphatic imine (C=N–C) groups is 1. The van der Waals surface area contributed by atoms with Crippen LogP contribution in [0.25, 0.3) is 0 Å². The Labute approximate surface area is 204 Å². The first-order valence-corrected chi connectivity index (χ1v) is 12.3. The summed E-state index contributed by atoms with van der Waals surface area (Å²) < 4.78 is 6.15. The average molecular weight is 547 g/mol. The number of guanidine groups is 1. The van der Waals surface area contributed by atoms with E-state index in [-0.39, 0.29) is 24.0 Å². The number of rotatable bonds is 8. The number of thioether (sulfide) groups is 1. The molecule has 2 fully saturated rings. The molecule has 0 amide bonds. The summed E-state index contributed by atoms with van der Waals surface area (Å²) in [6.07, 6.45) is 4.97. The van der Waals surface area contributed by atoms with E-state index in [0.717, 1.165) is 76.3 Å². The van der Waals surface area contributed by atoms with Gasteiger partial charge in [0.1, 0.15) is 0 Å². The van der Waals surface area contributed by atoms with Crippen molar-refractivity contribution < 1.29 is 4.74 Å². The van der Waals surface area contributed by atoms with Crippen LogP contribution in [0.2, 0.25) is 0 Å². The van der Waals surface area contributed by atoms with Crippen LogP contribution in [0.1, 0.15) is 38.2 Å². The first-order valence-electron chi connectivity index (χ1n) is 11.2. The molecule has 1 N–H and O–H groups in total. The second kappa shape index (κ2) is 14.5. The summed E-state index contributed by atoms with van der Waals surface area (Å²) in [6.45, 7) is 9.58. The van der Waals surface area contributed by atoms with Crippen molar-refractivity contribution in [3.8, 4) is 0 Å². The molecule has 1 aromatic rings. The number of piperidine rings is 1. The van der Waals surface area contributed by atoms with Gasteiger partial charge in [0.25, 0.3) is 0 Å². The molecule has 3 rings (SSSR count). The van der Waals surface area contributed by atoms with Gasteiger partial charge in [-0.25, -0.2) is 0 Å². The van der Waals surface area contributed by atoms with E-state index in [9.17, 15) is 0 Å². The Balaban J connectivity index is 0.00000320. The van der Waals surface area contributed by atoms with E-state index in [4.69, 9.17) is 4.74 Å². The maximum atomic E-state index is 6.15. The third-order valence-corrected chi connectivity index (χ3v) is 7.22. The molecular formula is C23H39IN4OS. The van der Waals surface area contributed by atoms with Gasteiger partial charge in [-0.3, -0.25) is 9.89 Å². The fraction of sp³-hybridized carbons (Fsp3) is 0.696. The lowest BCUT2D eigenvalue weighted by Crippen LogP contribution is -2.48. The van der Waals surface area contributed by atoms with Gasteiger partial charge in [0.15, 0.2) is 5.96 Å². The topological polar surface area (TPSA) is 40.1 Å². The van der Waals surface area contributed by atoms with E-state index in [0.29, 0.717) is 6.10 Å². The van der Waals surface area contributed by atoms with Crippen molar-refractivity contribution in [3.05, 3.63) is 35.9 Å². The Kier molecular flexibility index (Phi) is 12.5. The molecule has 7 heteroatoms. The minimum atomic E-state index is 0. The molecule has 170 valence electrons. The minimum absolute atomic E-state index is 0. The summed E-state index contributed by atoms with van der Waals surface area (Å²) in [7, 11) is 1.89. The van der Waals surface area contributed by atoms with Gasteiger partial charge >= 0.3 is 0 Å². The zero-order chi connectivity index (χ0) is 20.3. The van der Waals surface area contributed by atoms with E-state index in [1.807, 2.05) is 7.05 Å². The van der Waals surface area contributed by atoms with Gasteiger partial charge in [0, 0.05) is 63.9 Å². The van der Waals surface area contributed by atoms with Crippen molar-refractivity contribution in [1.82, 2.24) is 15.1 Å². The van der Waals surface area contributed by atoms with Crippen LogP contribution in [-0.4, -0.2) is 79.2 Å². The Bertz CT molecular complexity index is 610. The zero-order valence-corrected chi connectivity index (χ0v) is 21.7. The van der Waals surface area contributed by atoms with E-state index in [2.05, 4.69) is 69.1 Å². The van der Waals surface area contributed by atoms with E-state index < -0.39 is 0 Å². The van der Waals surface area contributed by atoms with Crippen LogP contribution < -0.4 is 5.32 Å². The number of benzene rings is 1. The van der Waals surface area contributed by atoms with E-state index >= 15 is 0 Å². The Morgan fingerprint density at radius 3 is 2.67 bits per heavy atom. The molecule has 0 spiro atoms. The predicted molar refractivity (Wildman–Crippen MR) is 140 cm³/mol. The highest BCUT2D eigenvalue weighted by atomic mass is 127. The number of halogens is 1. The van der Waals surface area contributed by atoms with Gasteiger partial charge < -0.3 is 15.0 Å². The second-order valence-electron chi connectivity index (χ2n) is 8.01. The van der Waals surface area contributed by atoms with Crippen LogP contribution >= 0.6 is 35.7 Å². The number of nitrogens with zero attached hydrogens (tertiary/aromatic N) is 3. The van der Waals surface area contributed by atoms with Crippen molar-refractivity contribution in [1.29, 1.82) is 0 Å². The van der Waals surface area contributed by atoms with Gasteiger partial charge in [-0.15, -0.1) is 24.0 Å². The van der Waals surface area contributed by atoms with Crippen LogP contribution in [-0.2, 0) is 11.3 Å². The van der Waals surface area contributed by atoms with Crippen molar-refractivity contribution in [2.45, 2.75) is 50.5 Å². The summed E-state index contributed by atoms with van der Waals surface area (Å²) in [5, 5.41) is 4.27. The highest BCUT2D eigenvalue weighted by molar-refractivity contribution is 14.0. The SMILES string of the molecule is CCC1CN(C(=NC)NCCCOC2CCN(Cc3ccccc3)CC2)CCS1.I. The number of hydrogen-bond donors (Lipinski definition) is 1. The standard InChI is InChI=1S/C23H38N4OS.HI/c1-3-22-19-27(15-17-29-22)23(24-2)25-12-7-16-28-21-10-13-26(14-11-21)18-20-8-5-4-6-9-20;/h4-6,8-9,21-22H,3,7,10-19H2,1-2H3,(H,24,25);1H. The maximum absolute atomic E-state index is 6.15. The van der Waals surface area contributed by atoms with Crippen LogP contribution in [0.3, 0.4) is 0 Å². The van der Waals surface area contributed by atoms with Gasteiger partial charge in [-0.2, -0.15) is 11.8 Å². The van der Waals surface area contributed by atoms with Crippen LogP contribution in [0.15, 0.2) is 35.3 Å². The highest BCUT2D eigenvalue weighted by Crippen LogP contribution is 2.21. The number of nitrogens with one attached hydrogen (secondary N) is 1. The first kappa shape index (κ1) is 25.7. The lowest BCUT2D eigenvalue weighted by atomic mass is 10.1. The highest BCUT2D eigenvalue weighted by Gasteiger charge is 2.22. The van der Waals surface area contributed by atoms with Gasteiger partial charge in [-0.1, -0.05) is 37.3 Å². The molecule has 0 aromatic heterocycles. The predicted octanol–water partition coefficient (Wildman–Crippen LogP) is 4.08. The molecular weight excluding hydrogens is 507 g/mol. The summed E-state index contributed by atoms with van der Waals surface area (Å²) in [5.41, 5.74) is 1.41. The fourth-order valence-corrected chi connectivity index (χ4v) is 5.27. The Hall–Kier alpha value is -0.510. The molecule has 1 atom stereocenters.